The fourth-order valence-electron chi connectivity index (χ4n) is 4.09. The van der Waals surface area contributed by atoms with Crippen molar-refractivity contribution in [3.63, 3.8) is 0 Å². The SMILES string of the molecule is COc1ccc(C=C2Oc3cc(OCC(=O)NC(Cc4ccc(O)cc4)C(=O)O)ccc3C2=O)c(OC)c1OC. The van der Waals surface area contributed by atoms with Crippen LogP contribution in [-0.2, 0) is 16.0 Å². The molecule has 40 heavy (non-hydrogen) atoms. The van der Waals surface area contributed by atoms with E-state index in [9.17, 15) is 24.6 Å². The number of carboxylic acid groups (broad SMARTS) is 1. The number of methoxy groups -OCH3 is 3. The summed E-state index contributed by atoms with van der Waals surface area (Å²) < 4.78 is 27.4. The Morgan fingerprint density at radius 2 is 1.70 bits per heavy atom. The van der Waals surface area contributed by atoms with Crippen molar-refractivity contribution in [1.82, 2.24) is 5.32 Å². The first-order chi connectivity index (χ1) is 19.2. The lowest BCUT2D eigenvalue weighted by Gasteiger charge is -2.15. The van der Waals surface area contributed by atoms with Gasteiger partial charge in [-0.1, -0.05) is 12.1 Å². The van der Waals surface area contributed by atoms with Gasteiger partial charge in [0, 0.05) is 18.1 Å². The molecule has 0 radical (unpaired) electrons. The number of hydrogen-bond acceptors (Lipinski definition) is 9. The first-order valence-corrected chi connectivity index (χ1v) is 12.0. The fraction of sp³-hybridized carbons (Fsp3) is 0.207. The van der Waals surface area contributed by atoms with Gasteiger partial charge in [0.2, 0.25) is 11.5 Å². The van der Waals surface area contributed by atoms with Gasteiger partial charge in [0.1, 0.15) is 23.3 Å². The normalized spacial score (nSPS) is 13.7. The first-order valence-electron chi connectivity index (χ1n) is 12.0. The highest BCUT2D eigenvalue weighted by Crippen LogP contribution is 2.42. The zero-order valence-electron chi connectivity index (χ0n) is 21.9. The molecule has 11 nitrogen and oxygen atoms in total. The minimum Gasteiger partial charge on any atom is -0.508 e. The summed E-state index contributed by atoms with van der Waals surface area (Å²) in [6.45, 7) is -0.461. The molecular weight excluding hydrogens is 522 g/mol. The topological polar surface area (TPSA) is 150 Å². The number of aliphatic carboxylic acids is 1. The average Bonchev–Trinajstić information content (AvgIpc) is 3.26. The predicted molar refractivity (Wildman–Crippen MR) is 142 cm³/mol. The molecule has 0 aromatic heterocycles. The number of aromatic hydroxyl groups is 1. The Morgan fingerprint density at radius 1 is 0.975 bits per heavy atom. The van der Waals surface area contributed by atoms with Crippen LogP contribution in [0.25, 0.3) is 6.08 Å². The molecule has 208 valence electrons. The molecule has 11 heteroatoms. The van der Waals surface area contributed by atoms with Crippen LogP contribution in [0.5, 0.6) is 34.5 Å². The van der Waals surface area contributed by atoms with Gasteiger partial charge in [0.15, 0.2) is 23.9 Å². The van der Waals surface area contributed by atoms with Crippen LogP contribution >= 0.6 is 0 Å². The standard InChI is InChI=1S/C29H27NO10/c1-36-22-11-6-17(27(37-2)28(22)38-3)13-24-26(33)20-10-9-19(14-23(20)40-24)39-15-25(32)30-21(29(34)35)12-16-4-7-18(31)8-5-16/h4-11,13-14,21,31H,12,15H2,1-3H3,(H,30,32)(H,34,35). The van der Waals surface area contributed by atoms with Crippen LogP contribution in [-0.4, -0.2) is 61.9 Å². The largest absolute Gasteiger partial charge is 0.508 e. The number of allylic oxidation sites excluding steroid dienone is 1. The van der Waals surface area contributed by atoms with E-state index in [0.717, 1.165) is 0 Å². The van der Waals surface area contributed by atoms with E-state index in [1.54, 1.807) is 24.3 Å². The van der Waals surface area contributed by atoms with Gasteiger partial charge in [0.25, 0.3) is 5.91 Å². The highest BCUT2D eigenvalue weighted by molar-refractivity contribution is 6.14. The number of phenols is 1. The van der Waals surface area contributed by atoms with Gasteiger partial charge in [-0.3, -0.25) is 9.59 Å². The number of ether oxygens (including phenoxy) is 5. The molecule has 0 bridgehead atoms. The third-order valence-corrected chi connectivity index (χ3v) is 6.04. The second-order valence-corrected chi connectivity index (χ2v) is 8.64. The van der Waals surface area contributed by atoms with Crippen molar-refractivity contribution in [3.8, 4) is 34.5 Å². The summed E-state index contributed by atoms with van der Waals surface area (Å²) in [6.07, 6.45) is 1.55. The van der Waals surface area contributed by atoms with Crippen LogP contribution in [0.15, 0.2) is 60.4 Å². The van der Waals surface area contributed by atoms with E-state index in [1.165, 1.54) is 57.7 Å². The summed E-state index contributed by atoms with van der Waals surface area (Å²) in [5.41, 5.74) is 1.47. The lowest BCUT2D eigenvalue weighted by molar-refractivity contribution is -0.142. The minimum atomic E-state index is -1.21. The van der Waals surface area contributed by atoms with Crippen molar-refractivity contribution >= 4 is 23.7 Å². The molecule has 1 atom stereocenters. The lowest BCUT2D eigenvalue weighted by atomic mass is 10.1. The Bertz CT molecular complexity index is 1460. The van der Waals surface area contributed by atoms with Gasteiger partial charge in [-0.2, -0.15) is 0 Å². The van der Waals surface area contributed by atoms with E-state index < -0.39 is 24.5 Å². The highest BCUT2D eigenvalue weighted by atomic mass is 16.5. The van der Waals surface area contributed by atoms with Crippen molar-refractivity contribution in [3.05, 3.63) is 77.0 Å². The van der Waals surface area contributed by atoms with E-state index in [-0.39, 0.29) is 35.2 Å². The van der Waals surface area contributed by atoms with E-state index >= 15 is 0 Å². The maximum atomic E-state index is 12.9. The van der Waals surface area contributed by atoms with Crippen molar-refractivity contribution in [2.75, 3.05) is 27.9 Å². The monoisotopic (exact) mass is 549 g/mol. The van der Waals surface area contributed by atoms with E-state index in [1.807, 2.05) is 0 Å². The molecule has 1 amide bonds. The first kappa shape index (κ1) is 27.8. The second-order valence-electron chi connectivity index (χ2n) is 8.64. The molecule has 0 saturated carbocycles. The summed E-state index contributed by atoms with van der Waals surface area (Å²) in [5.74, 6) is -0.432. The summed E-state index contributed by atoms with van der Waals surface area (Å²) in [6, 6.07) is 12.7. The zero-order chi connectivity index (χ0) is 28.8. The molecule has 0 saturated heterocycles. The van der Waals surface area contributed by atoms with Crippen LogP contribution in [0.3, 0.4) is 0 Å². The molecule has 1 heterocycles. The molecule has 0 fully saturated rings. The quantitative estimate of drug-likeness (QED) is 0.304. The molecule has 3 aromatic carbocycles. The van der Waals surface area contributed by atoms with Crippen LogP contribution in [0, 0.1) is 0 Å². The van der Waals surface area contributed by atoms with Crippen molar-refractivity contribution in [2.45, 2.75) is 12.5 Å². The number of benzene rings is 3. The van der Waals surface area contributed by atoms with Crippen molar-refractivity contribution in [1.29, 1.82) is 0 Å². The summed E-state index contributed by atoms with van der Waals surface area (Å²) >= 11 is 0. The van der Waals surface area contributed by atoms with Crippen LogP contribution in [0.2, 0.25) is 0 Å². The molecule has 0 aliphatic carbocycles. The minimum absolute atomic E-state index is 0.0239. The molecule has 0 spiro atoms. The maximum Gasteiger partial charge on any atom is 0.326 e. The van der Waals surface area contributed by atoms with E-state index in [4.69, 9.17) is 23.7 Å². The molecule has 1 aliphatic rings. The van der Waals surface area contributed by atoms with Crippen LogP contribution in [0.1, 0.15) is 21.5 Å². The van der Waals surface area contributed by atoms with Crippen molar-refractivity contribution < 1.29 is 48.3 Å². The number of fused-ring (bicyclic) bond motifs is 1. The Balaban J connectivity index is 1.42. The van der Waals surface area contributed by atoms with Gasteiger partial charge >= 0.3 is 5.97 Å². The number of phenolic OH excluding ortho intramolecular Hbond substituents is 1. The number of carbonyl (C=O) groups is 3. The Kier molecular flexibility index (Phi) is 8.43. The second kappa shape index (κ2) is 12.1. The number of carbonyl (C=O) groups excluding carboxylic acids is 2. The zero-order valence-corrected chi connectivity index (χ0v) is 21.9. The van der Waals surface area contributed by atoms with E-state index in [0.29, 0.717) is 33.9 Å². The molecule has 3 aromatic rings. The van der Waals surface area contributed by atoms with Crippen LogP contribution < -0.4 is 29.0 Å². The molecule has 1 unspecified atom stereocenters. The highest BCUT2D eigenvalue weighted by Gasteiger charge is 2.29. The predicted octanol–water partition coefficient (Wildman–Crippen LogP) is 3.23. The smallest absolute Gasteiger partial charge is 0.326 e. The lowest BCUT2D eigenvalue weighted by Crippen LogP contribution is -2.44. The third kappa shape index (κ3) is 6.09. The Morgan fingerprint density at radius 3 is 2.35 bits per heavy atom. The Labute approximate surface area is 229 Å². The molecular formula is C29H27NO10. The number of amides is 1. The number of carboxylic acids is 1. The molecule has 4 rings (SSSR count). The third-order valence-electron chi connectivity index (χ3n) is 6.04. The van der Waals surface area contributed by atoms with Gasteiger partial charge in [-0.25, -0.2) is 4.79 Å². The molecule has 3 N–H and O–H groups in total. The summed E-state index contributed by atoms with van der Waals surface area (Å²) in [4.78, 5) is 37.0. The number of hydrogen-bond donors (Lipinski definition) is 3. The average molecular weight is 550 g/mol. The number of ketones is 1. The van der Waals surface area contributed by atoms with Gasteiger partial charge in [-0.05, 0) is 48.0 Å². The summed E-state index contributed by atoms with van der Waals surface area (Å²) in [7, 11) is 4.45. The maximum absolute atomic E-state index is 12.9. The van der Waals surface area contributed by atoms with Crippen LogP contribution in [0.4, 0.5) is 0 Å². The molecule has 1 aliphatic heterocycles. The van der Waals surface area contributed by atoms with Crippen molar-refractivity contribution in [2.24, 2.45) is 0 Å². The number of Topliss-reactive ketones (excluding diaryl/α,β-unsaturated/α-hetero) is 1. The summed E-state index contributed by atoms with van der Waals surface area (Å²) in [5, 5.41) is 21.3. The Hall–Kier alpha value is -5.19. The van der Waals surface area contributed by atoms with E-state index in [2.05, 4.69) is 5.32 Å². The van der Waals surface area contributed by atoms with Gasteiger partial charge < -0.3 is 39.2 Å². The van der Waals surface area contributed by atoms with Gasteiger partial charge in [-0.15, -0.1) is 0 Å². The van der Waals surface area contributed by atoms with Gasteiger partial charge in [0.05, 0.1) is 26.9 Å². The number of nitrogens with one attached hydrogen (secondary N) is 1. The fourth-order valence-corrected chi connectivity index (χ4v) is 4.09. The number of rotatable bonds is 11.